The van der Waals surface area contributed by atoms with Crippen molar-refractivity contribution in [3.8, 4) is 28.3 Å². The molecule has 1 aliphatic heterocycles. The molecule has 0 bridgehead atoms. The second-order valence-electron chi connectivity index (χ2n) is 8.09. The summed E-state index contributed by atoms with van der Waals surface area (Å²) in [6.07, 6.45) is 7.20. The average molecular weight is 415 g/mol. The van der Waals surface area contributed by atoms with Gasteiger partial charge in [0.1, 0.15) is 6.10 Å². The summed E-state index contributed by atoms with van der Waals surface area (Å²) in [5, 5.41) is 14.4. The molecular weight excluding hydrogens is 388 g/mol. The Morgan fingerprint density at radius 3 is 2.87 bits per heavy atom. The number of hydrogen-bond donors (Lipinski definition) is 3. The number of benzene rings is 2. The number of aliphatic hydroxyl groups is 1. The summed E-state index contributed by atoms with van der Waals surface area (Å²) in [7, 11) is 0. The van der Waals surface area contributed by atoms with Crippen molar-refractivity contribution in [3.63, 3.8) is 0 Å². The van der Waals surface area contributed by atoms with Crippen molar-refractivity contribution in [1.82, 2.24) is 20.3 Å². The van der Waals surface area contributed by atoms with Crippen LogP contribution < -0.4 is 10.1 Å². The lowest BCUT2D eigenvalue weighted by atomic mass is 9.99. The van der Waals surface area contributed by atoms with Gasteiger partial charge in [0.05, 0.1) is 24.2 Å². The van der Waals surface area contributed by atoms with Crippen molar-refractivity contribution in [2.24, 2.45) is 0 Å². The minimum atomic E-state index is -0.496. The molecule has 0 saturated carbocycles. The molecule has 2 aromatic carbocycles. The minimum Gasteiger partial charge on any atom is -0.472 e. The molecule has 0 radical (unpaired) electrons. The van der Waals surface area contributed by atoms with Crippen molar-refractivity contribution >= 4 is 10.9 Å². The fourth-order valence-electron chi connectivity index (χ4n) is 4.12. The van der Waals surface area contributed by atoms with E-state index in [-0.39, 0.29) is 6.10 Å². The molecular formula is C25H26N4O2. The Bertz CT molecular complexity index is 1200. The Balaban J connectivity index is 1.49. The van der Waals surface area contributed by atoms with E-state index in [9.17, 15) is 5.11 Å². The number of piperidine rings is 1. The lowest BCUT2D eigenvalue weighted by Gasteiger charge is -2.23. The van der Waals surface area contributed by atoms with Crippen LogP contribution in [0.4, 0.5) is 0 Å². The molecule has 0 aliphatic carbocycles. The summed E-state index contributed by atoms with van der Waals surface area (Å²) in [5.74, 6) is 0.557. The summed E-state index contributed by atoms with van der Waals surface area (Å²) in [6, 6.07) is 14.3. The van der Waals surface area contributed by atoms with Crippen molar-refractivity contribution in [2.45, 2.75) is 32.0 Å². The molecule has 0 spiro atoms. The number of ether oxygens (including phenoxy) is 1. The molecule has 3 heterocycles. The van der Waals surface area contributed by atoms with Crippen molar-refractivity contribution < 1.29 is 9.84 Å². The molecule has 31 heavy (non-hydrogen) atoms. The molecule has 1 aliphatic rings. The maximum Gasteiger partial charge on any atom is 0.233 e. The van der Waals surface area contributed by atoms with Gasteiger partial charge in [0, 0.05) is 29.2 Å². The fraction of sp³-hybridized carbons (Fsp3) is 0.280. The standard InChI is InChI=1S/C25H26N4O2/c1-16(30)17-4-2-5-18(10-17)19-7-8-23-21(11-19)22(13-28-23)24-14-27-15-25(29-24)31-20-6-3-9-26-12-20/h2,4-5,7-8,10-11,13-16,20,26,28,30H,3,6,9,12H2,1H3/t16-,20?/m0/s1. The third-order valence-corrected chi connectivity index (χ3v) is 5.81. The SMILES string of the molecule is C[C@H](O)c1cccc(-c2ccc3[nH]cc(-c4cncc(OC5CCCNC5)n4)c3c2)c1. The van der Waals surface area contributed by atoms with Crippen LogP contribution in [-0.2, 0) is 0 Å². The number of rotatable bonds is 5. The molecule has 2 atom stereocenters. The predicted octanol–water partition coefficient (Wildman–Crippen LogP) is 4.48. The van der Waals surface area contributed by atoms with Gasteiger partial charge in [-0.25, -0.2) is 4.98 Å². The van der Waals surface area contributed by atoms with Gasteiger partial charge in [0.15, 0.2) is 0 Å². The topological polar surface area (TPSA) is 83.1 Å². The van der Waals surface area contributed by atoms with Crippen LogP contribution in [0.2, 0.25) is 0 Å². The van der Waals surface area contributed by atoms with Crippen LogP contribution in [0.5, 0.6) is 5.88 Å². The Hall–Kier alpha value is -3.22. The summed E-state index contributed by atoms with van der Waals surface area (Å²) < 4.78 is 6.06. The van der Waals surface area contributed by atoms with Gasteiger partial charge < -0.3 is 20.1 Å². The summed E-state index contributed by atoms with van der Waals surface area (Å²) >= 11 is 0. The van der Waals surface area contributed by atoms with Crippen LogP contribution in [0.15, 0.2) is 61.1 Å². The first kappa shape index (κ1) is 19.7. The van der Waals surface area contributed by atoms with Crippen LogP contribution in [0.25, 0.3) is 33.3 Å². The minimum absolute atomic E-state index is 0.133. The lowest BCUT2D eigenvalue weighted by molar-refractivity contribution is 0.160. The van der Waals surface area contributed by atoms with Crippen LogP contribution in [0.3, 0.4) is 0 Å². The Morgan fingerprint density at radius 2 is 2.03 bits per heavy atom. The van der Waals surface area contributed by atoms with Crippen molar-refractivity contribution in [2.75, 3.05) is 13.1 Å². The number of hydrogen-bond acceptors (Lipinski definition) is 5. The molecule has 158 valence electrons. The fourth-order valence-corrected chi connectivity index (χ4v) is 4.12. The van der Waals surface area contributed by atoms with Gasteiger partial charge in [0.2, 0.25) is 5.88 Å². The van der Waals surface area contributed by atoms with E-state index in [0.29, 0.717) is 5.88 Å². The van der Waals surface area contributed by atoms with E-state index in [1.165, 1.54) is 0 Å². The second-order valence-corrected chi connectivity index (χ2v) is 8.09. The molecule has 1 fully saturated rings. The third kappa shape index (κ3) is 4.17. The van der Waals surface area contributed by atoms with Crippen LogP contribution in [-0.4, -0.2) is 39.3 Å². The number of aromatic amines is 1. The normalized spacial score (nSPS) is 17.5. The molecule has 1 unspecified atom stereocenters. The van der Waals surface area contributed by atoms with E-state index in [1.54, 1.807) is 19.3 Å². The maximum absolute atomic E-state index is 9.93. The third-order valence-electron chi connectivity index (χ3n) is 5.81. The highest BCUT2D eigenvalue weighted by Crippen LogP contribution is 2.32. The summed E-state index contributed by atoms with van der Waals surface area (Å²) in [6.45, 7) is 3.67. The summed E-state index contributed by atoms with van der Waals surface area (Å²) in [4.78, 5) is 12.4. The van der Waals surface area contributed by atoms with Gasteiger partial charge >= 0.3 is 0 Å². The van der Waals surface area contributed by atoms with E-state index in [0.717, 1.165) is 64.8 Å². The molecule has 6 heteroatoms. The van der Waals surface area contributed by atoms with Gasteiger partial charge in [0.25, 0.3) is 0 Å². The smallest absolute Gasteiger partial charge is 0.233 e. The zero-order valence-corrected chi connectivity index (χ0v) is 17.5. The number of aliphatic hydroxyl groups excluding tert-OH is 1. The van der Waals surface area contributed by atoms with Crippen LogP contribution in [0, 0.1) is 0 Å². The zero-order valence-electron chi connectivity index (χ0n) is 17.5. The van der Waals surface area contributed by atoms with E-state index >= 15 is 0 Å². The first-order chi connectivity index (χ1) is 15.2. The average Bonchev–Trinajstić information content (AvgIpc) is 3.23. The Labute approximate surface area is 181 Å². The number of nitrogens with one attached hydrogen (secondary N) is 2. The van der Waals surface area contributed by atoms with Gasteiger partial charge in [-0.05, 0) is 61.2 Å². The number of aromatic nitrogens is 3. The maximum atomic E-state index is 9.93. The van der Waals surface area contributed by atoms with Crippen LogP contribution in [0.1, 0.15) is 31.4 Å². The molecule has 1 saturated heterocycles. The molecule has 6 nitrogen and oxygen atoms in total. The first-order valence-corrected chi connectivity index (χ1v) is 10.8. The second kappa shape index (κ2) is 8.49. The Kier molecular flexibility index (Phi) is 5.40. The lowest BCUT2D eigenvalue weighted by Crippen LogP contribution is -2.37. The van der Waals surface area contributed by atoms with Crippen molar-refractivity contribution in [3.05, 3.63) is 66.6 Å². The highest BCUT2D eigenvalue weighted by Gasteiger charge is 2.16. The number of fused-ring (bicyclic) bond motifs is 1. The molecule has 3 N–H and O–H groups in total. The monoisotopic (exact) mass is 414 g/mol. The van der Waals surface area contributed by atoms with Gasteiger partial charge in [-0.3, -0.25) is 4.98 Å². The highest BCUT2D eigenvalue weighted by molar-refractivity contribution is 5.97. The zero-order chi connectivity index (χ0) is 21.2. The van der Waals surface area contributed by atoms with Gasteiger partial charge in [-0.2, -0.15) is 0 Å². The first-order valence-electron chi connectivity index (χ1n) is 10.8. The van der Waals surface area contributed by atoms with Gasteiger partial charge in [-0.1, -0.05) is 24.3 Å². The van der Waals surface area contributed by atoms with E-state index in [1.807, 2.05) is 24.4 Å². The van der Waals surface area contributed by atoms with Crippen molar-refractivity contribution in [1.29, 1.82) is 0 Å². The van der Waals surface area contributed by atoms with E-state index in [4.69, 9.17) is 9.72 Å². The highest BCUT2D eigenvalue weighted by atomic mass is 16.5. The number of H-pyrrole nitrogens is 1. The van der Waals surface area contributed by atoms with Crippen LogP contribution >= 0.6 is 0 Å². The van der Waals surface area contributed by atoms with E-state index < -0.39 is 6.10 Å². The molecule has 4 aromatic rings. The molecule has 2 aromatic heterocycles. The van der Waals surface area contributed by atoms with E-state index in [2.05, 4.69) is 39.6 Å². The molecule has 0 amide bonds. The quantitative estimate of drug-likeness (QED) is 0.449. The molecule has 5 rings (SSSR count). The largest absolute Gasteiger partial charge is 0.472 e. The summed E-state index contributed by atoms with van der Waals surface area (Å²) in [5.41, 5.74) is 5.87. The predicted molar refractivity (Wildman–Crippen MR) is 122 cm³/mol. The number of nitrogens with zero attached hydrogens (tertiary/aromatic N) is 2. The Morgan fingerprint density at radius 1 is 1.13 bits per heavy atom. The van der Waals surface area contributed by atoms with Gasteiger partial charge in [-0.15, -0.1) is 0 Å².